The van der Waals surface area contributed by atoms with Gasteiger partial charge in [-0.2, -0.15) is 4.98 Å². The van der Waals surface area contributed by atoms with Crippen LogP contribution in [0.4, 0.5) is 11.5 Å². The van der Waals surface area contributed by atoms with Gasteiger partial charge in [-0.1, -0.05) is 0 Å². The number of aromatic hydroxyl groups is 1. The van der Waals surface area contributed by atoms with Crippen LogP contribution < -0.4 is 16.4 Å². The number of imidazole rings is 1. The summed E-state index contributed by atoms with van der Waals surface area (Å²) in [6.07, 6.45) is 2.56. The number of nitrogens with zero attached hydrogens (tertiary/aromatic N) is 3. The topological polar surface area (TPSA) is 121 Å². The van der Waals surface area contributed by atoms with E-state index in [1.54, 1.807) is 24.6 Å². The molecule has 0 fully saturated rings. The number of fused-ring (bicyclic) bond motifs is 1. The maximum atomic E-state index is 10.2. The molecule has 0 aliphatic carbocycles. The number of nitrogens with two attached hydrogens (primary N) is 1. The lowest BCUT2D eigenvalue weighted by atomic mass is 10.1. The lowest BCUT2D eigenvalue weighted by Crippen LogP contribution is -2.36. The van der Waals surface area contributed by atoms with Crippen LogP contribution in [0.15, 0.2) is 6.20 Å². The Morgan fingerprint density at radius 2 is 1.88 bits per heavy atom. The molecule has 0 saturated heterocycles. The number of nitrogen functional groups attached to an aromatic ring is 1. The van der Waals surface area contributed by atoms with Gasteiger partial charge in [-0.25, -0.2) is 4.98 Å². The number of aromatic nitrogens is 3. The summed E-state index contributed by atoms with van der Waals surface area (Å²) in [5.41, 5.74) is 6.80. The second kappa shape index (κ2) is 7.05. The van der Waals surface area contributed by atoms with Crippen LogP contribution in [0, 0.1) is 0 Å². The van der Waals surface area contributed by atoms with Gasteiger partial charge < -0.3 is 26.6 Å². The van der Waals surface area contributed by atoms with Crippen molar-refractivity contribution >= 4 is 22.5 Å². The zero-order valence-corrected chi connectivity index (χ0v) is 15.7. The molecular formula is C17H30N6O2. The van der Waals surface area contributed by atoms with Crippen LogP contribution in [0.2, 0.25) is 0 Å². The molecule has 2 heterocycles. The van der Waals surface area contributed by atoms with Crippen LogP contribution in [0.25, 0.3) is 11.0 Å². The van der Waals surface area contributed by atoms with E-state index in [2.05, 4.69) is 41.4 Å². The molecule has 0 spiro atoms. The molecule has 8 heteroatoms. The maximum Gasteiger partial charge on any atom is 0.295 e. The number of nitrogens with one attached hydrogen (secondary N) is 2. The summed E-state index contributed by atoms with van der Waals surface area (Å²) in [5.74, 6) is 0.250. The third kappa shape index (κ3) is 5.20. The van der Waals surface area contributed by atoms with Gasteiger partial charge in [0.1, 0.15) is 5.52 Å². The molecule has 0 bridgehead atoms. The van der Waals surface area contributed by atoms with Crippen molar-refractivity contribution in [1.82, 2.24) is 19.9 Å². The van der Waals surface area contributed by atoms with E-state index >= 15 is 0 Å². The molecule has 0 aliphatic heterocycles. The fourth-order valence-corrected chi connectivity index (χ4v) is 2.59. The predicted molar refractivity (Wildman–Crippen MR) is 101 cm³/mol. The van der Waals surface area contributed by atoms with Gasteiger partial charge in [0.05, 0.1) is 29.5 Å². The number of aliphatic hydroxyl groups is 1. The summed E-state index contributed by atoms with van der Waals surface area (Å²) in [7, 11) is 0. The summed E-state index contributed by atoms with van der Waals surface area (Å²) >= 11 is 0. The molecule has 140 valence electrons. The van der Waals surface area contributed by atoms with Crippen LogP contribution >= 0.6 is 0 Å². The van der Waals surface area contributed by atoms with E-state index < -0.39 is 5.60 Å². The zero-order chi connectivity index (χ0) is 18.8. The third-order valence-corrected chi connectivity index (χ3v) is 3.65. The first kappa shape index (κ1) is 19.3. The SMILES string of the molecule is CC(C)(O)Cn1c(O)nc2c(N)ncc(NCCCNC(C)(C)C)c21. The average molecular weight is 350 g/mol. The first-order chi connectivity index (χ1) is 11.5. The Balaban J connectivity index is 2.20. The Kier molecular flexibility index (Phi) is 5.43. The van der Waals surface area contributed by atoms with Crippen molar-refractivity contribution < 1.29 is 10.2 Å². The van der Waals surface area contributed by atoms with Crippen LogP contribution in [-0.2, 0) is 6.54 Å². The second-order valence-corrected chi connectivity index (χ2v) is 8.02. The van der Waals surface area contributed by atoms with Crippen molar-refractivity contribution in [3.63, 3.8) is 0 Å². The minimum atomic E-state index is -1.00. The van der Waals surface area contributed by atoms with Gasteiger partial charge in [0, 0.05) is 12.1 Å². The van der Waals surface area contributed by atoms with Crippen molar-refractivity contribution in [2.75, 3.05) is 24.1 Å². The van der Waals surface area contributed by atoms with Gasteiger partial charge in [-0.3, -0.25) is 4.57 Å². The van der Waals surface area contributed by atoms with Crippen molar-refractivity contribution in [2.45, 2.75) is 58.7 Å². The molecule has 0 unspecified atom stereocenters. The molecule has 0 atom stereocenters. The van der Waals surface area contributed by atoms with Crippen LogP contribution in [0.1, 0.15) is 41.0 Å². The summed E-state index contributed by atoms with van der Waals surface area (Å²) in [6.45, 7) is 11.6. The summed E-state index contributed by atoms with van der Waals surface area (Å²) in [6, 6.07) is -0.186. The average Bonchev–Trinajstić information content (AvgIpc) is 2.76. The van der Waals surface area contributed by atoms with Crippen molar-refractivity contribution in [3.05, 3.63) is 6.20 Å². The van der Waals surface area contributed by atoms with Gasteiger partial charge in [-0.15, -0.1) is 0 Å². The summed E-state index contributed by atoms with van der Waals surface area (Å²) in [4.78, 5) is 8.25. The van der Waals surface area contributed by atoms with Crippen molar-refractivity contribution in [2.24, 2.45) is 0 Å². The van der Waals surface area contributed by atoms with Crippen LogP contribution in [0.3, 0.4) is 0 Å². The number of rotatable bonds is 7. The lowest BCUT2D eigenvalue weighted by molar-refractivity contribution is 0.0602. The minimum absolute atomic E-state index is 0.0904. The molecule has 0 aromatic carbocycles. The molecule has 0 amide bonds. The van der Waals surface area contributed by atoms with Gasteiger partial charge in [-0.05, 0) is 47.6 Å². The fourth-order valence-electron chi connectivity index (χ4n) is 2.59. The molecule has 2 rings (SSSR count). The monoisotopic (exact) mass is 350 g/mol. The van der Waals surface area contributed by atoms with Crippen molar-refractivity contribution in [1.29, 1.82) is 0 Å². The number of anilines is 2. The predicted octanol–water partition coefficient (Wildman–Crippen LogP) is 1.68. The summed E-state index contributed by atoms with van der Waals surface area (Å²) < 4.78 is 1.56. The van der Waals surface area contributed by atoms with E-state index in [4.69, 9.17) is 5.73 Å². The largest absolute Gasteiger partial charge is 0.480 e. The van der Waals surface area contributed by atoms with E-state index in [1.807, 2.05) is 0 Å². The normalized spacial score (nSPS) is 12.7. The smallest absolute Gasteiger partial charge is 0.295 e. The maximum absolute atomic E-state index is 10.2. The molecule has 0 radical (unpaired) electrons. The highest BCUT2D eigenvalue weighted by molar-refractivity contribution is 5.95. The number of hydrogen-bond acceptors (Lipinski definition) is 7. The Morgan fingerprint density at radius 1 is 1.20 bits per heavy atom. The molecule has 0 saturated carbocycles. The van der Waals surface area contributed by atoms with E-state index in [0.717, 1.165) is 25.2 Å². The number of pyridine rings is 1. The fraction of sp³-hybridized carbons (Fsp3) is 0.647. The van der Waals surface area contributed by atoms with Crippen LogP contribution in [-0.4, -0.2) is 49.0 Å². The molecule has 2 aromatic rings. The first-order valence-electron chi connectivity index (χ1n) is 8.53. The Morgan fingerprint density at radius 3 is 2.48 bits per heavy atom. The van der Waals surface area contributed by atoms with Gasteiger partial charge in [0.2, 0.25) is 0 Å². The molecule has 6 N–H and O–H groups in total. The molecule has 2 aromatic heterocycles. The molecular weight excluding hydrogens is 320 g/mol. The molecule has 8 nitrogen and oxygen atoms in total. The highest BCUT2D eigenvalue weighted by atomic mass is 16.3. The van der Waals surface area contributed by atoms with E-state index in [1.165, 1.54) is 0 Å². The Hall–Kier alpha value is -2.06. The van der Waals surface area contributed by atoms with Gasteiger partial charge in [0.25, 0.3) is 6.01 Å². The minimum Gasteiger partial charge on any atom is -0.480 e. The standard InChI is InChI=1S/C17H30N6O2/c1-16(2,3)21-8-6-7-19-11-9-20-14(18)12-13(11)23(15(24)22-12)10-17(4,5)25/h9,19,21,25H,6-8,10H2,1-5H3,(H2,18,20)(H,22,24). The molecule has 0 aliphatic rings. The lowest BCUT2D eigenvalue weighted by Gasteiger charge is -2.21. The van der Waals surface area contributed by atoms with Gasteiger partial charge >= 0.3 is 0 Å². The van der Waals surface area contributed by atoms with E-state index in [0.29, 0.717) is 11.0 Å². The van der Waals surface area contributed by atoms with E-state index in [9.17, 15) is 10.2 Å². The first-order valence-corrected chi connectivity index (χ1v) is 8.53. The quantitative estimate of drug-likeness (QED) is 0.482. The Labute approximate surface area is 148 Å². The second-order valence-electron chi connectivity index (χ2n) is 8.02. The molecule has 25 heavy (non-hydrogen) atoms. The summed E-state index contributed by atoms with van der Waals surface area (Å²) in [5, 5.41) is 27.0. The van der Waals surface area contributed by atoms with E-state index in [-0.39, 0.29) is 23.9 Å². The van der Waals surface area contributed by atoms with Gasteiger partial charge in [0.15, 0.2) is 5.82 Å². The highest BCUT2D eigenvalue weighted by Gasteiger charge is 2.22. The Bertz CT molecular complexity index is 727. The van der Waals surface area contributed by atoms with Crippen LogP contribution in [0.5, 0.6) is 6.01 Å². The third-order valence-electron chi connectivity index (χ3n) is 3.65. The highest BCUT2D eigenvalue weighted by Crippen LogP contribution is 2.31. The zero-order valence-electron chi connectivity index (χ0n) is 15.7. The van der Waals surface area contributed by atoms with Crippen molar-refractivity contribution in [3.8, 4) is 6.01 Å². The number of hydrogen-bond donors (Lipinski definition) is 5.